The van der Waals surface area contributed by atoms with Crippen LogP contribution in [0.4, 0.5) is 0 Å². The Kier molecular flexibility index (Phi) is 3.98. The average molecular weight is 254 g/mol. The van der Waals surface area contributed by atoms with E-state index in [9.17, 15) is 4.79 Å². The van der Waals surface area contributed by atoms with Crippen molar-refractivity contribution in [3.05, 3.63) is 66.7 Å². The van der Waals surface area contributed by atoms with Crippen LogP contribution in [0.15, 0.2) is 61.2 Å². The van der Waals surface area contributed by atoms with Gasteiger partial charge in [-0.15, -0.1) is 0 Å². The molecule has 0 radical (unpaired) electrons. The van der Waals surface area contributed by atoms with Crippen LogP contribution >= 0.6 is 0 Å². The first kappa shape index (κ1) is 12.9. The van der Waals surface area contributed by atoms with Crippen LogP contribution in [-0.2, 0) is 4.79 Å². The molecule has 0 spiro atoms. The van der Waals surface area contributed by atoms with Crippen LogP contribution in [0, 0.1) is 6.92 Å². The molecule has 0 N–H and O–H groups in total. The smallest absolute Gasteiger partial charge is 0.335 e. The zero-order chi connectivity index (χ0) is 13.7. The largest absolute Gasteiger partial charge is 0.453 e. The molecule has 0 unspecified atom stereocenters. The quantitative estimate of drug-likeness (QED) is 0.472. The molecule has 0 saturated carbocycles. The van der Waals surface area contributed by atoms with Crippen LogP contribution in [0.25, 0.3) is 0 Å². The Morgan fingerprint density at radius 3 is 2.21 bits per heavy atom. The van der Waals surface area contributed by atoms with E-state index in [4.69, 9.17) is 9.47 Å². The van der Waals surface area contributed by atoms with Gasteiger partial charge in [-0.2, -0.15) is 0 Å². The van der Waals surface area contributed by atoms with Gasteiger partial charge < -0.3 is 9.47 Å². The van der Waals surface area contributed by atoms with Gasteiger partial charge in [0.2, 0.25) is 0 Å². The molecule has 0 aliphatic rings. The first-order chi connectivity index (χ1) is 9.20. The highest BCUT2D eigenvalue weighted by Crippen LogP contribution is 2.32. The van der Waals surface area contributed by atoms with Gasteiger partial charge in [0.15, 0.2) is 11.5 Å². The number of para-hydroxylation sites is 3. The van der Waals surface area contributed by atoms with Crippen molar-refractivity contribution < 1.29 is 14.3 Å². The van der Waals surface area contributed by atoms with E-state index in [1.54, 1.807) is 18.2 Å². The number of hydrogen-bond donors (Lipinski definition) is 0. The standard InChI is InChI=1S/C16H14O3/c1-3-16(17)19-15-11-7-6-10-14(15)18-13-9-5-4-8-12(13)2/h3-11H,1H2,2H3. The maximum absolute atomic E-state index is 11.3. The summed E-state index contributed by atoms with van der Waals surface area (Å²) >= 11 is 0. The van der Waals surface area contributed by atoms with Gasteiger partial charge in [0.1, 0.15) is 5.75 Å². The molecule has 0 amide bonds. The highest BCUT2D eigenvalue weighted by atomic mass is 16.6. The van der Waals surface area contributed by atoms with Gasteiger partial charge in [-0.25, -0.2) is 4.79 Å². The highest BCUT2D eigenvalue weighted by Gasteiger charge is 2.09. The van der Waals surface area contributed by atoms with Crippen molar-refractivity contribution in [3.63, 3.8) is 0 Å². The lowest BCUT2D eigenvalue weighted by Crippen LogP contribution is -2.04. The fraction of sp³-hybridized carbons (Fsp3) is 0.0625. The normalized spacial score (nSPS) is 9.74. The number of esters is 1. The van der Waals surface area contributed by atoms with Crippen molar-refractivity contribution in [3.8, 4) is 17.2 Å². The van der Waals surface area contributed by atoms with E-state index in [0.717, 1.165) is 17.4 Å². The summed E-state index contributed by atoms with van der Waals surface area (Å²) in [6.07, 6.45) is 1.12. The molecule has 19 heavy (non-hydrogen) atoms. The summed E-state index contributed by atoms with van der Waals surface area (Å²) in [7, 11) is 0. The van der Waals surface area contributed by atoms with Gasteiger partial charge in [0, 0.05) is 6.08 Å². The van der Waals surface area contributed by atoms with Gasteiger partial charge in [-0.1, -0.05) is 36.9 Å². The Morgan fingerprint density at radius 2 is 1.58 bits per heavy atom. The molecule has 0 fully saturated rings. The van der Waals surface area contributed by atoms with Crippen molar-refractivity contribution >= 4 is 5.97 Å². The predicted octanol–water partition coefficient (Wildman–Crippen LogP) is 3.88. The molecule has 0 atom stereocenters. The van der Waals surface area contributed by atoms with Crippen molar-refractivity contribution in [2.24, 2.45) is 0 Å². The van der Waals surface area contributed by atoms with E-state index in [1.807, 2.05) is 37.3 Å². The van der Waals surface area contributed by atoms with Crippen LogP contribution in [0.1, 0.15) is 5.56 Å². The van der Waals surface area contributed by atoms with Crippen molar-refractivity contribution in [2.75, 3.05) is 0 Å². The Hall–Kier alpha value is -2.55. The van der Waals surface area contributed by atoms with Gasteiger partial charge >= 0.3 is 5.97 Å². The van der Waals surface area contributed by atoms with Crippen molar-refractivity contribution in [2.45, 2.75) is 6.92 Å². The van der Waals surface area contributed by atoms with Crippen LogP contribution in [-0.4, -0.2) is 5.97 Å². The molecule has 0 bridgehead atoms. The van der Waals surface area contributed by atoms with E-state index in [1.165, 1.54) is 0 Å². The minimum Gasteiger partial charge on any atom is -0.453 e. The number of benzene rings is 2. The molecule has 3 heteroatoms. The molecule has 2 aromatic carbocycles. The minimum absolute atomic E-state index is 0.371. The lowest BCUT2D eigenvalue weighted by molar-refractivity contribution is -0.129. The van der Waals surface area contributed by atoms with Crippen LogP contribution < -0.4 is 9.47 Å². The van der Waals surface area contributed by atoms with Crippen molar-refractivity contribution in [1.82, 2.24) is 0 Å². The molecule has 96 valence electrons. The molecule has 0 saturated heterocycles. The Labute approximate surface area is 112 Å². The summed E-state index contributed by atoms with van der Waals surface area (Å²) < 4.78 is 10.9. The molecule has 0 aromatic heterocycles. The average Bonchev–Trinajstić information content (AvgIpc) is 2.43. The van der Waals surface area contributed by atoms with E-state index >= 15 is 0 Å². The summed E-state index contributed by atoms with van der Waals surface area (Å²) in [4.78, 5) is 11.3. The van der Waals surface area contributed by atoms with Crippen LogP contribution in [0.3, 0.4) is 0 Å². The number of hydrogen-bond acceptors (Lipinski definition) is 3. The molecular formula is C16H14O3. The van der Waals surface area contributed by atoms with E-state index in [2.05, 4.69) is 6.58 Å². The SMILES string of the molecule is C=CC(=O)Oc1ccccc1Oc1ccccc1C. The fourth-order valence-corrected chi connectivity index (χ4v) is 1.56. The summed E-state index contributed by atoms with van der Waals surface area (Å²) in [5.41, 5.74) is 1.01. The molecule has 2 rings (SSSR count). The molecule has 0 heterocycles. The lowest BCUT2D eigenvalue weighted by atomic mass is 10.2. The minimum atomic E-state index is -0.513. The molecule has 2 aromatic rings. The van der Waals surface area contributed by atoms with E-state index < -0.39 is 5.97 Å². The zero-order valence-corrected chi connectivity index (χ0v) is 10.6. The van der Waals surface area contributed by atoms with Crippen LogP contribution in [0.2, 0.25) is 0 Å². The summed E-state index contributed by atoms with van der Waals surface area (Å²) in [5.74, 6) is 1.08. The summed E-state index contributed by atoms with van der Waals surface area (Å²) in [6, 6.07) is 14.7. The van der Waals surface area contributed by atoms with E-state index in [0.29, 0.717) is 11.5 Å². The number of carbonyl (C=O) groups is 1. The number of rotatable bonds is 4. The third kappa shape index (κ3) is 3.22. The fourth-order valence-electron chi connectivity index (χ4n) is 1.56. The maximum atomic E-state index is 11.3. The summed E-state index contributed by atoms with van der Waals surface area (Å²) in [6.45, 7) is 5.32. The molecule has 0 aliphatic carbocycles. The first-order valence-corrected chi connectivity index (χ1v) is 5.87. The monoisotopic (exact) mass is 254 g/mol. The Bertz CT molecular complexity index is 602. The zero-order valence-electron chi connectivity index (χ0n) is 10.6. The van der Waals surface area contributed by atoms with Gasteiger partial charge in [-0.05, 0) is 30.7 Å². The third-order valence-electron chi connectivity index (χ3n) is 2.54. The van der Waals surface area contributed by atoms with Gasteiger partial charge in [-0.3, -0.25) is 0 Å². The van der Waals surface area contributed by atoms with Crippen LogP contribution in [0.5, 0.6) is 17.2 Å². The molecule has 3 nitrogen and oxygen atoms in total. The van der Waals surface area contributed by atoms with Crippen molar-refractivity contribution in [1.29, 1.82) is 0 Å². The summed E-state index contributed by atoms with van der Waals surface area (Å²) in [5, 5.41) is 0. The Balaban J connectivity index is 2.28. The van der Waals surface area contributed by atoms with E-state index in [-0.39, 0.29) is 0 Å². The number of aryl methyl sites for hydroxylation is 1. The number of carbonyl (C=O) groups excluding carboxylic acids is 1. The third-order valence-corrected chi connectivity index (χ3v) is 2.54. The van der Waals surface area contributed by atoms with Gasteiger partial charge in [0.05, 0.1) is 0 Å². The second-order valence-electron chi connectivity index (χ2n) is 3.94. The highest BCUT2D eigenvalue weighted by molar-refractivity contribution is 5.83. The molecule has 0 aliphatic heterocycles. The second-order valence-corrected chi connectivity index (χ2v) is 3.94. The molecular weight excluding hydrogens is 240 g/mol. The first-order valence-electron chi connectivity index (χ1n) is 5.87. The maximum Gasteiger partial charge on any atom is 0.335 e. The van der Waals surface area contributed by atoms with Gasteiger partial charge in [0.25, 0.3) is 0 Å². The lowest BCUT2D eigenvalue weighted by Gasteiger charge is -2.11. The number of ether oxygens (including phenoxy) is 2. The second kappa shape index (κ2) is 5.87. The Morgan fingerprint density at radius 1 is 1.00 bits per heavy atom. The predicted molar refractivity (Wildman–Crippen MR) is 73.5 cm³/mol. The topological polar surface area (TPSA) is 35.5 Å².